The van der Waals surface area contributed by atoms with Crippen LogP contribution in [0, 0.1) is 0 Å². The van der Waals surface area contributed by atoms with Crippen molar-refractivity contribution in [2.45, 2.75) is 24.5 Å². The Kier molecular flexibility index (Phi) is 4.76. The minimum atomic E-state index is -0.833. The van der Waals surface area contributed by atoms with Gasteiger partial charge in [0.05, 0.1) is 12.9 Å². The van der Waals surface area contributed by atoms with E-state index in [-0.39, 0.29) is 12.9 Å². The highest BCUT2D eigenvalue weighted by Gasteiger charge is 2.47. The normalized spacial score (nSPS) is 30.0. The van der Waals surface area contributed by atoms with Crippen molar-refractivity contribution in [3.63, 3.8) is 0 Å². The lowest BCUT2D eigenvalue weighted by Crippen LogP contribution is -2.41. The molecule has 4 heterocycles. The van der Waals surface area contributed by atoms with Gasteiger partial charge < -0.3 is 29.9 Å². The molecule has 0 saturated carbocycles. The van der Waals surface area contributed by atoms with E-state index >= 15 is 0 Å². The summed E-state index contributed by atoms with van der Waals surface area (Å²) >= 11 is 0. The molecule has 4 rings (SSSR count). The number of hydrogen-bond donors (Lipinski definition) is 3. The monoisotopic (exact) mass is 343 g/mol. The first-order valence-corrected chi connectivity index (χ1v) is 7.36. The number of rotatable bonds is 1. The first-order chi connectivity index (χ1) is 11.2. The molecule has 124 valence electrons. The van der Waals surface area contributed by atoms with Gasteiger partial charge >= 0.3 is 8.69 Å². The molecule has 4 atom stereocenters. The number of aliphatic hydroxyl groups is 1. The molecule has 2 fully saturated rings. The third-order valence-electron chi connectivity index (χ3n) is 3.60. The van der Waals surface area contributed by atoms with Gasteiger partial charge in [-0.2, -0.15) is 0 Å². The van der Waals surface area contributed by atoms with E-state index in [9.17, 15) is 5.11 Å². The zero-order chi connectivity index (χ0) is 16.4. The van der Waals surface area contributed by atoms with Gasteiger partial charge in [-0.05, 0) is 0 Å². The van der Waals surface area contributed by atoms with Gasteiger partial charge in [0.1, 0.15) is 36.9 Å². The fourth-order valence-electron chi connectivity index (χ4n) is 2.64. The third-order valence-corrected chi connectivity index (χ3v) is 3.60. The van der Waals surface area contributed by atoms with Crippen molar-refractivity contribution in [2.24, 2.45) is 0 Å². The van der Waals surface area contributed by atoms with Gasteiger partial charge in [0.2, 0.25) is 0 Å². The molecule has 0 radical (unpaired) electrons. The lowest BCUT2D eigenvalue weighted by atomic mass is 10.1. The molecule has 2 aliphatic heterocycles. The number of nitrogens with zero attached hydrogens (tertiary/aromatic N) is 4. The first-order valence-electron chi connectivity index (χ1n) is 6.60. The maximum absolute atomic E-state index is 10.4. The summed E-state index contributed by atoms with van der Waals surface area (Å²) in [6.07, 6.45) is 0.709. The van der Waals surface area contributed by atoms with Crippen molar-refractivity contribution in [3.05, 3.63) is 12.7 Å². The van der Waals surface area contributed by atoms with Gasteiger partial charge in [-0.25, -0.2) is 19.5 Å². The van der Waals surface area contributed by atoms with Gasteiger partial charge in [-0.1, -0.05) is 0 Å². The van der Waals surface area contributed by atoms with E-state index in [2.05, 4.69) is 15.0 Å². The van der Waals surface area contributed by atoms with Crippen molar-refractivity contribution in [3.8, 4) is 0 Å². The number of nitrogens with two attached hydrogens (primary N) is 1. The summed E-state index contributed by atoms with van der Waals surface area (Å²) in [5.74, 6) is 0.290. The number of fused-ring (bicyclic) bond motifs is 2. The number of aliphatic hydroxyl groups excluding tert-OH is 1. The molecule has 4 N–H and O–H groups in total. The second-order valence-electron chi connectivity index (χ2n) is 4.84. The van der Waals surface area contributed by atoms with Crippen molar-refractivity contribution in [1.29, 1.82) is 0 Å². The maximum Gasteiger partial charge on any atom is 0.324 e. The average Bonchev–Trinajstić information content (AvgIpc) is 3.11. The highest BCUT2D eigenvalue weighted by molar-refractivity contribution is 7.16. The largest absolute Gasteiger partial charge is 0.386 e. The molecule has 2 aromatic rings. The molecule has 2 aromatic heterocycles. The molecule has 0 amide bonds. The van der Waals surface area contributed by atoms with E-state index in [1.807, 2.05) is 0 Å². The lowest BCUT2D eigenvalue weighted by molar-refractivity contribution is -0.189. The number of nitrogen functional groups attached to an aromatic ring is 1. The zero-order valence-electron chi connectivity index (χ0n) is 11.7. The Morgan fingerprint density at radius 3 is 2.91 bits per heavy atom. The minimum absolute atomic E-state index is 0.161. The van der Waals surface area contributed by atoms with Crippen LogP contribution in [0.4, 0.5) is 5.82 Å². The number of hydrogen-bond acceptors (Lipinski definition) is 9. The SMILES string of the molecule is Nc1ncnc2c1ncn2C1OC2COCOC2C1O.O=PO. The number of anilines is 1. The summed E-state index contributed by atoms with van der Waals surface area (Å²) in [7, 11) is -0.833. The smallest absolute Gasteiger partial charge is 0.324 e. The van der Waals surface area contributed by atoms with E-state index in [4.69, 9.17) is 29.4 Å². The first kappa shape index (κ1) is 16.1. The van der Waals surface area contributed by atoms with E-state index in [0.29, 0.717) is 23.6 Å². The zero-order valence-corrected chi connectivity index (χ0v) is 12.6. The van der Waals surface area contributed by atoms with Crippen LogP contribution in [0.2, 0.25) is 0 Å². The molecular formula is C11H14N5O6P. The van der Waals surface area contributed by atoms with Crippen LogP contribution in [0.25, 0.3) is 11.2 Å². The summed E-state index contributed by atoms with van der Waals surface area (Å²) in [4.78, 5) is 19.2. The minimum Gasteiger partial charge on any atom is -0.386 e. The Morgan fingerprint density at radius 1 is 1.39 bits per heavy atom. The molecule has 11 nitrogen and oxygen atoms in total. The van der Waals surface area contributed by atoms with Crippen LogP contribution in [-0.4, -0.2) is 61.2 Å². The third kappa shape index (κ3) is 2.90. The highest BCUT2D eigenvalue weighted by Crippen LogP contribution is 2.34. The lowest BCUT2D eigenvalue weighted by Gasteiger charge is -2.25. The van der Waals surface area contributed by atoms with Crippen LogP contribution in [0.15, 0.2) is 12.7 Å². The molecule has 0 aromatic carbocycles. The topological polar surface area (TPSA) is 155 Å². The summed E-state index contributed by atoms with van der Waals surface area (Å²) < 4.78 is 26.5. The van der Waals surface area contributed by atoms with Crippen LogP contribution in [-0.2, 0) is 18.8 Å². The molecule has 0 spiro atoms. The Labute approximate surface area is 131 Å². The number of ether oxygens (including phenoxy) is 3. The predicted octanol–water partition coefficient (Wildman–Crippen LogP) is -0.775. The molecule has 2 saturated heterocycles. The van der Waals surface area contributed by atoms with Crippen LogP contribution in [0.5, 0.6) is 0 Å². The standard InChI is InChI=1S/C11H13N5O4.HO2P/c12-9-6-10(14-2-13-9)16(3-15-6)11-7(17)8-5(20-11)1-18-4-19-8;1-3-2/h2-3,5,7-8,11,17H,1,4H2,(H2,12,13,14);(H,1,2). The van der Waals surface area contributed by atoms with Crippen LogP contribution >= 0.6 is 8.69 Å². The summed E-state index contributed by atoms with van der Waals surface area (Å²) in [5, 5.41) is 10.4. The maximum atomic E-state index is 10.4. The van der Waals surface area contributed by atoms with Crippen molar-refractivity contribution in [2.75, 3.05) is 19.1 Å². The van der Waals surface area contributed by atoms with Crippen LogP contribution in [0.1, 0.15) is 6.23 Å². The van der Waals surface area contributed by atoms with E-state index < -0.39 is 27.1 Å². The van der Waals surface area contributed by atoms with Gasteiger partial charge in [-0.3, -0.25) is 4.57 Å². The van der Waals surface area contributed by atoms with Crippen LogP contribution < -0.4 is 5.73 Å². The van der Waals surface area contributed by atoms with E-state index in [1.54, 1.807) is 4.57 Å². The highest BCUT2D eigenvalue weighted by atomic mass is 31.1. The molecule has 2 aliphatic rings. The molecule has 0 aliphatic carbocycles. The fraction of sp³-hybridized carbons (Fsp3) is 0.545. The summed E-state index contributed by atoms with van der Waals surface area (Å²) in [5.41, 5.74) is 6.74. The van der Waals surface area contributed by atoms with Crippen LogP contribution in [0.3, 0.4) is 0 Å². The second-order valence-corrected chi connectivity index (χ2v) is 5.00. The quantitative estimate of drug-likeness (QED) is 0.562. The number of aromatic nitrogens is 4. The Morgan fingerprint density at radius 2 is 2.17 bits per heavy atom. The van der Waals surface area contributed by atoms with Gasteiger partial charge in [-0.15, -0.1) is 0 Å². The molecule has 4 unspecified atom stereocenters. The predicted molar refractivity (Wildman–Crippen MR) is 75.2 cm³/mol. The molecule has 12 heteroatoms. The molecule has 0 bridgehead atoms. The Balaban J connectivity index is 0.000000485. The molecular weight excluding hydrogens is 329 g/mol. The summed E-state index contributed by atoms with van der Waals surface area (Å²) in [6.45, 7) is 0.552. The van der Waals surface area contributed by atoms with Gasteiger partial charge in [0.25, 0.3) is 0 Å². The summed E-state index contributed by atoms with van der Waals surface area (Å²) in [6, 6.07) is 0. The molecule has 23 heavy (non-hydrogen) atoms. The van der Waals surface area contributed by atoms with E-state index in [1.165, 1.54) is 12.7 Å². The van der Waals surface area contributed by atoms with Crippen molar-refractivity contribution >= 4 is 25.7 Å². The van der Waals surface area contributed by atoms with Crippen molar-refractivity contribution < 1.29 is 28.8 Å². The van der Waals surface area contributed by atoms with Crippen molar-refractivity contribution in [1.82, 2.24) is 19.5 Å². The van der Waals surface area contributed by atoms with E-state index in [0.717, 1.165) is 0 Å². The fourth-order valence-corrected chi connectivity index (χ4v) is 2.64. The average molecular weight is 343 g/mol. The van der Waals surface area contributed by atoms with Gasteiger partial charge in [0.15, 0.2) is 17.7 Å². The van der Waals surface area contributed by atoms with Gasteiger partial charge in [0, 0.05) is 0 Å². The Bertz CT molecular complexity index is 699. The Hall–Kier alpha value is -1.75. The number of imidazole rings is 1. The second kappa shape index (κ2) is 6.79.